The van der Waals surface area contributed by atoms with E-state index in [0.29, 0.717) is 17.9 Å². The smallest absolute Gasteiger partial charge is 0.177 e. The van der Waals surface area contributed by atoms with Crippen molar-refractivity contribution in [3.8, 4) is 0 Å². The molecule has 21 heavy (non-hydrogen) atoms. The maximum atomic E-state index is 11.8. The Morgan fingerprint density at radius 1 is 1.14 bits per heavy atom. The van der Waals surface area contributed by atoms with E-state index in [1.54, 1.807) is 6.07 Å². The molecule has 5 heteroatoms. The van der Waals surface area contributed by atoms with Crippen LogP contribution < -0.4 is 10.6 Å². The van der Waals surface area contributed by atoms with Crippen molar-refractivity contribution >= 4 is 26.9 Å². The lowest BCUT2D eigenvalue weighted by Crippen LogP contribution is -2.18. The largest absolute Gasteiger partial charge is 0.396 e. The van der Waals surface area contributed by atoms with E-state index in [2.05, 4.69) is 6.07 Å². The molecule has 0 heterocycles. The van der Waals surface area contributed by atoms with Gasteiger partial charge >= 0.3 is 0 Å². The summed E-state index contributed by atoms with van der Waals surface area (Å²) >= 11 is 0. The Morgan fingerprint density at radius 2 is 1.81 bits per heavy atom. The standard InChI is InChI=1S/C16H20N2O2S/c1-4-18(13-8-5-7-12(2)11-13)14-9-6-10-15(16(14)17)21(3,19)20/h5-11H,4,17H2,1-3H3. The molecule has 0 fully saturated rings. The van der Waals surface area contributed by atoms with Gasteiger partial charge in [-0.1, -0.05) is 18.2 Å². The minimum atomic E-state index is -3.34. The molecule has 2 aromatic carbocycles. The molecule has 112 valence electrons. The Morgan fingerprint density at radius 3 is 2.38 bits per heavy atom. The molecular weight excluding hydrogens is 284 g/mol. The monoisotopic (exact) mass is 304 g/mol. The number of nitrogen functional groups attached to an aromatic ring is 1. The second-order valence-electron chi connectivity index (χ2n) is 5.04. The maximum absolute atomic E-state index is 11.8. The van der Waals surface area contributed by atoms with Crippen molar-refractivity contribution in [3.63, 3.8) is 0 Å². The van der Waals surface area contributed by atoms with Gasteiger partial charge in [0.1, 0.15) is 0 Å². The van der Waals surface area contributed by atoms with Gasteiger partial charge in [0, 0.05) is 18.5 Å². The lowest BCUT2D eigenvalue weighted by Gasteiger charge is -2.26. The molecule has 0 bridgehead atoms. The van der Waals surface area contributed by atoms with Gasteiger partial charge in [0.15, 0.2) is 9.84 Å². The predicted octanol–water partition coefficient (Wildman–Crippen LogP) is 3.14. The third-order valence-corrected chi connectivity index (χ3v) is 4.52. The van der Waals surface area contributed by atoms with Crippen molar-refractivity contribution < 1.29 is 8.42 Å². The first-order chi connectivity index (χ1) is 9.84. The average Bonchev–Trinajstić information content (AvgIpc) is 2.40. The van der Waals surface area contributed by atoms with E-state index >= 15 is 0 Å². The summed E-state index contributed by atoms with van der Waals surface area (Å²) in [7, 11) is -3.34. The van der Waals surface area contributed by atoms with Crippen LogP contribution in [0.1, 0.15) is 12.5 Å². The van der Waals surface area contributed by atoms with Gasteiger partial charge < -0.3 is 10.6 Å². The Balaban J connectivity index is 2.59. The van der Waals surface area contributed by atoms with Crippen LogP contribution in [0.25, 0.3) is 0 Å². The first-order valence-corrected chi connectivity index (χ1v) is 8.66. The number of sulfone groups is 1. The molecule has 2 aromatic rings. The van der Waals surface area contributed by atoms with Crippen molar-refractivity contribution in [1.29, 1.82) is 0 Å². The summed E-state index contributed by atoms with van der Waals surface area (Å²) in [6.07, 6.45) is 1.17. The third-order valence-electron chi connectivity index (χ3n) is 3.36. The number of nitrogens with two attached hydrogens (primary N) is 1. The number of rotatable bonds is 4. The Labute approximate surface area is 126 Å². The molecule has 0 saturated carbocycles. The van der Waals surface area contributed by atoms with E-state index in [4.69, 9.17) is 5.73 Å². The van der Waals surface area contributed by atoms with Crippen LogP contribution in [0.3, 0.4) is 0 Å². The fourth-order valence-electron chi connectivity index (χ4n) is 2.38. The number of nitrogens with zero attached hydrogens (tertiary/aromatic N) is 1. The molecule has 0 aliphatic rings. The Bertz CT molecular complexity index is 755. The van der Waals surface area contributed by atoms with E-state index in [0.717, 1.165) is 11.3 Å². The molecule has 0 saturated heterocycles. The summed E-state index contributed by atoms with van der Waals surface area (Å²) in [5.74, 6) is 0. The van der Waals surface area contributed by atoms with Crippen molar-refractivity contribution in [3.05, 3.63) is 48.0 Å². The van der Waals surface area contributed by atoms with Gasteiger partial charge in [0.25, 0.3) is 0 Å². The van der Waals surface area contributed by atoms with Gasteiger partial charge in [-0.05, 0) is 43.7 Å². The van der Waals surface area contributed by atoms with Gasteiger partial charge in [-0.15, -0.1) is 0 Å². The van der Waals surface area contributed by atoms with E-state index in [9.17, 15) is 8.42 Å². The first kappa shape index (κ1) is 15.4. The van der Waals surface area contributed by atoms with E-state index in [-0.39, 0.29) is 4.90 Å². The topological polar surface area (TPSA) is 63.4 Å². The average molecular weight is 304 g/mol. The molecule has 0 unspecified atom stereocenters. The highest BCUT2D eigenvalue weighted by Crippen LogP contribution is 2.34. The third kappa shape index (κ3) is 3.19. The van der Waals surface area contributed by atoms with Gasteiger partial charge in [-0.3, -0.25) is 0 Å². The normalized spacial score (nSPS) is 11.4. The SMILES string of the molecule is CCN(c1cccc(C)c1)c1cccc(S(C)(=O)=O)c1N. The van der Waals surface area contributed by atoms with Gasteiger partial charge in [0.2, 0.25) is 0 Å². The van der Waals surface area contributed by atoms with Crippen LogP contribution in [0.15, 0.2) is 47.4 Å². The minimum Gasteiger partial charge on any atom is -0.396 e. The van der Waals surface area contributed by atoms with Crippen LogP contribution >= 0.6 is 0 Å². The molecule has 0 radical (unpaired) electrons. The van der Waals surface area contributed by atoms with Gasteiger partial charge in [-0.2, -0.15) is 0 Å². The molecular formula is C16H20N2O2S. The number of hydrogen-bond acceptors (Lipinski definition) is 4. The molecule has 2 N–H and O–H groups in total. The summed E-state index contributed by atoms with van der Waals surface area (Å²) in [5, 5.41) is 0. The van der Waals surface area contributed by atoms with Crippen LogP contribution in [0.2, 0.25) is 0 Å². The fraction of sp³-hybridized carbons (Fsp3) is 0.250. The summed E-state index contributed by atoms with van der Waals surface area (Å²) in [4.78, 5) is 2.18. The van der Waals surface area contributed by atoms with Crippen molar-refractivity contribution in [1.82, 2.24) is 0 Å². The number of anilines is 3. The molecule has 0 amide bonds. The first-order valence-electron chi connectivity index (χ1n) is 6.77. The number of para-hydroxylation sites is 1. The highest BCUT2D eigenvalue weighted by atomic mass is 32.2. The van der Waals surface area contributed by atoms with Crippen LogP contribution in [0.4, 0.5) is 17.1 Å². The fourth-order valence-corrected chi connectivity index (χ4v) is 3.21. The van der Waals surface area contributed by atoms with E-state index in [1.165, 1.54) is 12.3 Å². The Hall–Kier alpha value is -2.01. The molecule has 2 rings (SSSR count). The molecule has 0 aliphatic heterocycles. The van der Waals surface area contributed by atoms with Crippen LogP contribution in [0, 0.1) is 6.92 Å². The van der Waals surface area contributed by atoms with Gasteiger partial charge in [0.05, 0.1) is 16.3 Å². The molecule has 0 atom stereocenters. The van der Waals surface area contributed by atoms with Crippen LogP contribution in [0.5, 0.6) is 0 Å². The zero-order valence-electron chi connectivity index (χ0n) is 12.5. The minimum absolute atomic E-state index is 0.172. The Kier molecular flexibility index (Phi) is 4.23. The predicted molar refractivity (Wildman–Crippen MR) is 87.8 cm³/mol. The maximum Gasteiger partial charge on any atom is 0.177 e. The number of hydrogen-bond donors (Lipinski definition) is 1. The second kappa shape index (κ2) is 5.77. The second-order valence-corrected chi connectivity index (χ2v) is 7.03. The van der Waals surface area contributed by atoms with Gasteiger partial charge in [-0.25, -0.2) is 8.42 Å². The molecule has 4 nitrogen and oxygen atoms in total. The summed E-state index contributed by atoms with van der Waals surface area (Å²) < 4.78 is 23.6. The summed E-state index contributed by atoms with van der Waals surface area (Å²) in [6.45, 7) is 4.73. The molecule has 0 aromatic heterocycles. The quantitative estimate of drug-likeness (QED) is 0.881. The lowest BCUT2D eigenvalue weighted by molar-refractivity contribution is 0.602. The zero-order chi connectivity index (χ0) is 15.6. The van der Waals surface area contributed by atoms with Crippen molar-refractivity contribution in [2.75, 3.05) is 23.4 Å². The van der Waals surface area contributed by atoms with Crippen LogP contribution in [-0.4, -0.2) is 21.2 Å². The number of aryl methyl sites for hydroxylation is 1. The highest BCUT2D eigenvalue weighted by molar-refractivity contribution is 7.90. The van der Waals surface area contributed by atoms with Crippen molar-refractivity contribution in [2.24, 2.45) is 0 Å². The van der Waals surface area contributed by atoms with E-state index in [1.807, 2.05) is 43.0 Å². The van der Waals surface area contributed by atoms with Crippen LogP contribution in [-0.2, 0) is 9.84 Å². The summed E-state index contributed by atoms with van der Waals surface area (Å²) in [5.41, 5.74) is 9.25. The summed E-state index contributed by atoms with van der Waals surface area (Å²) in [6, 6.07) is 13.1. The lowest BCUT2D eigenvalue weighted by atomic mass is 10.1. The van der Waals surface area contributed by atoms with Crippen molar-refractivity contribution in [2.45, 2.75) is 18.7 Å². The number of benzene rings is 2. The zero-order valence-corrected chi connectivity index (χ0v) is 13.3. The highest BCUT2D eigenvalue weighted by Gasteiger charge is 2.18. The molecule has 0 spiro atoms. The molecule has 0 aliphatic carbocycles. The van der Waals surface area contributed by atoms with E-state index < -0.39 is 9.84 Å².